The quantitative estimate of drug-likeness (QED) is 0.678. The Hall–Kier alpha value is 0.0169. The van der Waals surface area contributed by atoms with Crippen LogP contribution in [0.3, 0.4) is 0 Å². The van der Waals surface area contributed by atoms with Gasteiger partial charge in [0.1, 0.15) is 0 Å². The molecule has 0 amide bonds. The lowest BCUT2D eigenvalue weighted by atomic mass is 9.84. The summed E-state index contributed by atoms with van der Waals surface area (Å²) in [6.07, 6.45) is 2.39. The van der Waals surface area contributed by atoms with Gasteiger partial charge >= 0.3 is 9.53 Å². The highest BCUT2D eigenvalue weighted by Crippen LogP contribution is 2.18. The van der Waals surface area contributed by atoms with Crippen molar-refractivity contribution in [2.75, 3.05) is 27.9 Å². The van der Waals surface area contributed by atoms with Gasteiger partial charge in [0, 0.05) is 45.9 Å². The minimum Gasteiger partial charge on any atom is -0.379 e. The van der Waals surface area contributed by atoms with E-state index in [9.17, 15) is 0 Å². The van der Waals surface area contributed by atoms with Crippen LogP contribution in [0.15, 0.2) is 0 Å². The molecule has 17 heavy (non-hydrogen) atoms. The van der Waals surface area contributed by atoms with Gasteiger partial charge in [-0.3, -0.25) is 0 Å². The Kier molecular flexibility index (Phi) is 10.00. The van der Waals surface area contributed by atoms with Crippen molar-refractivity contribution in [3.63, 3.8) is 0 Å². The minimum atomic E-state index is -1.67. The number of nitrogens with one attached hydrogen (secondary N) is 1. The molecule has 0 saturated carbocycles. The van der Waals surface area contributed by atoms with Crippen LogP contribution in [0, 0.1) is 5.92 Å². The molecule has 0 bridgehead atoms. The standard InChI is InChI=1S/C8H18N2.C3H10O3Si/c1-3-4-8(9)7-5-10-6(7)2;1-4-7(5-2)6-3/h6-8,10H,3-5,9H2,1-2H3;7H,1-3H3. The summed E-state index contributed by atoms with van der Waals surface area (Å²) < 4.78 is 14.2. The Morgan fingerprint density at radius 1 is 1.29 bits per heavy atom. The van der Waals surface area contributed by atoms with Crippen LogP contribution >= 0.6 is 0 Å². The lowest BCUT2D eigenvalue weighted by Crippen LogP contribution is -2.58. The van der Waals surface area contributed by atoms with Gasteiger partial charge in [0.15, 0.2) is 0 Å². The van der Waals surface area contributed by atoms with Gasteiger partial charge in [0.2, 0.25) is 0 Å². The topological polar surface area (TPSA) is 65.7 Å². The smallest absolute Gasteiger partial charge is 0.379 e. The Balaban J connectivity index is 0.000000325. The number of nitrogens with two attached hydrogens (primary N) is 1. The van der Waals surface area contributed by atoms with Gasteiger partial charge in [-0.1, -0.05) is 13.3 Å². The van der Waals surface area contributed by atoms with E-state index in [0.29, 0.717) is 12.1 Å². The van der Waals surface area contributed by atoms with Gasteiger partial charge in [-0.2, -0.15) is 0 Å². The molecule has 1 saturated heterocycles. The first-order valence-corrected chi connectivity index (χ1v) is 7.59. The van der Waals surface area contributed by atoms with Crippen molar-refractivity contribution >= 4 is 9.53 Å². The molecule has 0 aliphatic carbocycles. The fourth-order valence-corrected chi connectivity index (χ4v) is 2.43. The van der Waals surface area contributed by atoms with Crippen LogP contribution in [-0.2, 0) is 13.3 Å². The van der Waals surface area contributed by atoms with Gasteiger partial charge in [-0.05, 0) is 13.3 Å². The molecule has 5 nitrogen and oxygen atoms in total. The molecule has 0 radical (unpaired) electrons. The van der Waals surface area contributed by atoms with E-state index in [2.05, 4.69) is 19.2 Å². The van der Waals surface area contributed by atoms with Crippen LogP contribution in [0.1, 0.15) is 26.7 Å². The molecule has 0 aromatic carbocycles. The van der Waals surface area contributed by atoms with Gasteiger partial charge in [0.25, 0.3) is 0 Å². The number of hydrogen-bond donors (Lipinski definition) is 2. The van der Waals surface area contributed by atoms with E-state index in [1.165, 1.54) is 12.8 Å². The van der Waals surface area contributed by atoms with Crippen LogP contribution in [-0.4, -0.2) is 49.5 Å². The van der Waals surface area contributed by atoms with E-state index in [-0.39, 0.29) is 0 Å². The maximum atomic E-state index is 5.94. The summed E-state index contributed by atoms with van der Waals surface area (Å²) in [5.41, 5.74) is 5.94. The summed E-state index contributed by atoms with van der Waals surface area (Å²) in [5.74, 6) is 0.736. The summed E-state index contributed by atoms with van der Waals surface area (Å²) in [6.45, 7) is 5.53. The molecule has 3 unspecified atom stereocenters. The van der Waals surface area contributed by atoms with Crippen LogP contribution in [0.4, 0.5) is 0 Å². The molecule has 6 heteroatoms. The molecule has 1 aliphatic heterocycles. The minimum absolute atomic E-state index is 0.432. The third-order valence-electron chi connectivity index (χ3n) is 3.07. The number of hydrogen-bond acceptors (Lipinski definition) is 5. The molecule has 0 spiro atoms. The Morgan fingerprint density at radius 3 is 2.00 bits per heavy atom. The van der Waals surface area contributed by atoms with Gasteiger partial charge in [-0.15, -0.1) is 0 Å². The summed E-state index contributed by atoms with van der Waals surface area (Å²) in [6, 6.07) is 1.09. The van der Waals surface area contributed by atoms with E-state index in [4.69, 9.17) is 19.0 Å². The van der Waals surface area contributed by atoms with Gasteiger partial charge in [0.05, 0.1) is 0 Å². The Morgan fingerprint density at radius 2 is 1.82 bits per heavy atom. The molecule has 104 valence electrons. The first kappa shape index (κ1) is 17.0. The highest BCUT2D eigenvalue weighted by molar-refractivity contribution is 6.36. The second-order valence-electron chi connectivity index (χ2n) is 4.31. The SMILES string of the molecule is CCCC(N)C1CNC1C.CO[SiH](OC)OC. The lowest BCUT2D eigenvalue weighted by molar-refractivity contribution is 0.163. The average molecular weight is 264 g/mol. The fraction of sp³-hybridized carbons (Fsp3) is 1.00. The molecule has 3 atom stereocenters. The maximum Gasteiger partial charge on any atom is 0.483 e. The Bertz CT molecular complexity index is 177. The van der Waals surface area contributed by atoms with Crippen molar-refractivity contribution in [1.82, 2.24) is 5.32 Å². The van der Waals surface area contributed by atoms with Crippen LogP contribution < -0.4 is 11.1 Å². The average Bonchev–Trinajstić information content (AvgIpc) is 2.30. The molecule has 3 N–H and O–H groups in total. The molecular weight excluding hydrogens is 236 g/mol. The van der Waals surface area contributed by atoms with Crippen LogP contribution in [0.2, 0.25) is 0 Å². The monoisotopic (exact) mass is 264 g/mol. The fourth-order valence-electron chi connectivity index (χ4n) is 1.85. The molecule has 0 aromatic rings. The van der Waals surface area contributed by atoms with Crippen molar-refractivity contribution in [2.24, 2.45) is 11.7 Å². The third-order valence-corrected chi connectivity index (χ3v) is 4.22. The van der Waals surface area contributed by atoms with Crippen LogP contribution in [0.5, 0.6) is 0 Å². The van der Waals surface area contributed by atoms with Gasteiger partial charge in [-0.25, -0.2) is 0 Å². The van der Waals surface area contributed by atoms with E-state index >= 15 is 0 Å². The van der Waals surface area contributed by atoms with Crippen molar-refractivity contribution in [3.8, 4) is 0 Å². The normalized spacial score (nSPS) is 24.9. The first-order valence-electron chi connectivity index (χ1n) is 6.18. The third kappa shape index (κ3) is 6.49. The highest BCUT2D eigenvalue weighted by atomic mass is 28.3. The van der Waals surface area contributed by atoms with E-state index < -0.39 is 9.53 Å². The van der Waals surface area contributed by atoms with Crippen molar-refractivity contribution in [1.29, 1.82) is 0 Å². The molecule has 1 rings (SSSR count). The summed E-state index contributed by atoms with van der Waals surface area (Å²) in [5, 5.41) is 3.32. The van der Waals surface area contributed by atoms with Crippen molar-refractivity contribution in [3.05, 3.63) is 0 Å². The van der Waals surface area contributed by atoms with Crippen LogP contribution in [0.25, 0.3) is 0 Å². The maximum absolute atomic E-state index is 5.94. The van der Waals surface area contributed by atoms with E-state index in [1.54, 1.807) is 21.3 Å². The second kappa shape index (κ2) is 9.99. The molecule has 1 aliphatic rings. The van der Waals surface area contributed by atoms with E-state index in [1.807, 2.05) is 0 Å². The zero-order valence-electron chi connectivity index (χ0n) is 11.7. The van der Waals surface area contributed by atoms with Crippen molar-refractivity contribution < 1.29 is 13.3 Å². The summed E-state index contributed by atoms with van der Waals surface area (Å²) in [7, 11) is 3.05. The van der Waals surface area contributed by atoms with E-state index in [0.717, 1.165) is 12.5 Å². The second-order valence-corrected chi connectivity index (χ2v) is 6.30. The molecule has 0 aromatic heterocycles. The summed E-state index contributed by atoms with van der Waals surface area (Å²) >= 11 is 0. The zero-order chi connectivity index (χ0) is 13.3. The highest BCUT2D eigenvalue weighted by Gasteiger charge is 2.30. The lowest BCUT2D eigenvalue weighted by Gasteiger charge is -2.39. The largest absolute Gasteiger partial charge is 0.483 e. The summed E-state index contributed by atoms with van der Waals surface area (Å²) in [4.78, 5) is 0. The number of rotatable bonds is 6. The predicted octanol–water partition coefficient (Wildman–Crippen LogP) is 0.365. The van der Waals surface area contributed by atoms with Gasteiger partial charge < -0.3 is 24.3 Å². The molecule has 1 heterocycles. The van der Waals surface area contributed by atoms with Crippen molar-refractivity contribution in [2.45, 2.75) is 38.8 Å². The molecule has 1 fully saturated rings. The predicted molar refractivity (Wildman–Crippen MR) is 72.0 cm³/mol. The Labute approximate surface area is 107 Å². The molecular formula is C11H28N2O3Si. The zero-order valence-corrected chi connectivity index (χ0v) is 12.9. The first-order chi connectivity index (χ1) is 8.10.